The maximum Gasteiger partial charge on any atom is 0.357 e. The molecule has 0 aliphatic heterocycles. The van der Waals surface area contributed by atoms with Crippen LogP contribution in [0.3, 0.4) is 0 Å². The number of nitrogens with zero attached hydrogens (tertiary/aromatic N) is 5. The number of sulfonamides is 1. The van der Waals surface area contributed by atoms with E-state index in [4.69, 9.17) is 4.74 Å². The van der Waals surface area contributed by atoms with Crippen molar-refractivity contribution in [1.82, 2.24) is 23.4 Å². The zero-order valence-electron chi connectivity index (χ0n) is 19.3. The maximum absolute atomic E-state index is 13.0. The number of esters is 1. The van der Waals surface area contributed by atoms with E-state index in [1.54, 1.807) is 16.7 Å². The van der Waals surface area contributed by atoms with E-state index < -0.39 is 16.0 Å². The number of hydrogen-bond donors (Lipinski definition) is 0. The number of aromatic nitrogens is 4. The predicted octanol–water partition coefficient (Wildman–Crippen LogP) is 3.57. The molecule has 0 amide bonds. The Labute approximate surface area is 202 Å². The Morgan fingerprint density at radius 1 is 1.15 bits per heavy atom. The topological polar surface area (TPSA) is 99.3 Å². The van der Waals surface area contributed by atoms with Gasteiger partial charge >= 0.3 is 5.97 Å². The van der Waals surface area contributed by atoms with E-state index in [9.17, 15) is 13.2 Å². The average molecular weight is 500 g/mol. The molecule has 0 aliphatic rings. The maximum atomic E-state index is 13.0. The van der Waals surface area contributed by atoms with Gasteiger partial charge in [0.25, 0.3) is 0 Å². The van der Waals surface area contributed by atoms with E-state index in [1.165, 1.54) is 38.1 Å². The number of aryl methyl sites for hydroxylation is 1. The van der Waals surface area contributed by atoms with Crippen molar-refractivity contribution in [3.63, 3.8) is 0 Å². The molecule has 0 unspecified atom stereocenters. The van der Waals surface area contributed by atoms with Crippen LogP contribution in [0.15, 0.2) is 64.8 Å². The van der Waals surface area contributed by atoms with Gasteiger partial charge in [-0.25, -0.2) is 27.5 Å². The number of hydrogen-bond acceptors (Lipinski definition) is 7. The molecule has 0 spiro atoms. The summed E-state index contributed by atoms with van der Waals surface area (Å²) >= 11 is 1.43. The predicted molar refractivity (Wildman–Crippen MR) is 131 cm³/mol. The quantitative estimate of drug-likeness (QED) is 0.270. The first-order chi connectivity index (χ1) is 16.3. The third-order valence-corrected chi connectivity index (χ3v) is 7.83. The first-order valence-corrected chi connectivity index (χ1v) is 13.2. The molecule has 0 fully saturated rings. The second-order valence-corrected chi connectivity index (χ2v) is 10.5. The van der Waals surface area contributed by atoms with Gasteiger partial charge in [0.2, 0.25) is 10.0 Å². The van der Waals surface area contributed by atoms with Crippen molar-refractivity contribution < 1.29 is 17.9 Å². The molecule has 2 heterocycles. The summed E-state index contributed by atoms with van der Waals surface area (Å²) in [5, 5.41) is 0.675. The Morgan fingerprint density at radius 3 is 2.53 bits per heavy atom. The molecule has 0 aliphatic carbocycles. The molecule has 4 aromatic rings. The SMILES string of the molecule is CCn1c(COC(=O)c2cnc(SC)n2-c2ccccc2)nc2cc(S(=O)(=O)N(C)C)ccc21. The number of carbonyl (C=O) groups is 1. The number of imidazole rings is 2. The monoisotopic (exact) mass is 499 g/mol. The van der Waals surface area contributed by atoms with E-state index in [-0.39, 0.29) is 11.5 Å². The third-order valence-electron chi connectivity index (χ3n) is 5.36. The van der Waals surface area contributed by atoms with E-state index in [0.717, 1.165) is 15.5 Å². The molecule has 0 saturated carbocycles. The zero-order valence-corrected chi connectivity index (χ0v) is 20.9. The summed E-state index contributed by atoms with van der Waals surface area (Å²) in [6.45, 7) is 2.47. The number of benzene rings is 2. The lowest BCUT2D eigenvalue weighted by atomic mass is 10.3. The van der Waals surface area contributed by atoms with Crippen molar-refractivity contribution in [2.45, 2.75) is 30.1 Å². The largest absolute Gasteiger partial charge is 0.453 e. The van der Waals surface area contributed by atoms with E-state index in [1.807, 2.05) is 48.1 Å². The van der Waals surface area contributed by atoms with Gasteiger partial charge in [-0.15, -0.1) is 0 Å². The van der Waals surface area contributed by atoms with Gasteiger partial charge < -0.3 is 9.30 Å². The fourth-order valence-corrected chi connectivity index (χ4v) is 5.11. The highest BCUT2D eigenvalue weighted by Crippen LogP contribution is 2.24. The van der Waals surface area contributed by atoms with Crippen LogP contribution in [0.2, 0.25) is 0 Å². The summed E-state index contributed by atoms with van der Waals surface area (Å²) in [6.07, 6.45) is 3.40. The molecular formula is C23H25N5O4S2. The summed E-state index contributed by atoms with van der Waals surface area (Å²) in [5.41, 5.74) is 2.42. The van der Waals surface area contributed by atoms with Gasteiger partial charge in [0.1, 0.15) is 12.4 Å². The van der Waals surface area contributed by atoms with Gasteiger partial charge in [0.15, 0.2) is 10.9 Å². The fraction of sp³-hybridized carbons (Fsp3) is 0.261. The Balaban J connectivity index is 1.63. The number of rotatable bonds is 8. The summed E-state index contributed by atoms with van der Waals surface area (Å²) in [7, 11) is -0.617. The number of fused-ring (bicyclic) bond motifs is 1. The lowest BCUT2D eigenvalue weighted by Crippen LogP contribution is -2.22. The van der Waals surface area contributed by atoms with Crippen LogP contribution < -0.4 is 0 Å². The smallest absolute Gasteiger partial charge is 0.357 e. The van der Waals surface area contributed by atoms with Crippen molar-refractivity contribution in [2.75, 3.05) is 20.4 Å². The van der Waals surface area contributed by atoms with Gasteiger partial charge in [-0.3, -0.25) is 4.57 Å². The van der Waals surface area contributed by atoms with Crippen molar-refractivity contribution in [2.24, 2.45) is 0 Å². The second-order valence-electron chi connectivity index (χ2n) is 7.59. The van der Waals surface area contributed by atoms with Crippen LogP contribution in [0.25, 0.3) is 16.7 Å². The number of ether oxygens (including phenoxy) is 1. The highest BCUT2D eigenvalue weighted by Gasteiger charge is 2.22. The van der Waals surface area contributed by atoms with E-state index >= 15 is 0 Å². The third kappa shape index (κ3) is 4.33. The lowest BCUT2D eigenvalue weighted by Gasteiger charge is -2.11. The van der Waals surface area contributed by atoms with Gasteiger partial charge in [-0.05, 0) is 43.5 Å². The molecule has 0 N–H and O–H groups in total. The molecule has 2 aromatic carbocycles. The summed E-state index contributed by atoms with van der Waals surface area (Å²) < 4.78 is 35.4. The van der Waals surface area contributed by atoms with Crippen LogP contribution in [0.5, 0.6) is 0 Å². The lowest BCUT2D eigenvalue weighted by molar-refractivity contribution is 0.0448. The van der Waals surface area contributed by atoms with Crippen molar-refractivity contribution >= 4 is 38.8 Å². The molecule has 0 saturated heterocycles. The van der Waals surface area contributed by atoms with Gasteiger partial charge in [0.05, 0.1) is 22.1 Å². The molecule has 0 bridgehead atoms. The van der Waals surface area contributed by atoms with Crippen LogP contribution >= 0.6 is 11.8 Å². The first-order valence-electron chi connectivity index (χ1n) is 10.5. The van der Waals surface area contributed by atoms with E-state index in [2.05, 4.69) is 9.97 Å². The van der Waals surface area contributed by atoms with Crippen molar-refractivity contribution in [3.05, 3.63) is 66.2 Å². The van der Waals surface area contributed by atoms with Gasteiger partial charge in [0, 0.05) is 26.3 Å². The number of carbonyl (C=O) groups excluding carboxylic acids is 1. The Hall–Kier alpha value is -3.15. The zero-order chi connectivity index (χ0) is 24.5. The molecule has 11 heteroatoms. The molecule has 178 valence electrons. The Morgan fingerprint density at radius 2 is 1.88 bits per heavy atom. The van der Waals surface area contributed by atoms with Crippen molar-refractivity contribution in [1.29, 1.82) is 0 Å². The summed E-state index contributed by atoms with van der Waals surface area (Å²) in [5.74, 6) is 0.00311. The molecule has 9 nitrogen and oxygen atoms in total. The summed E-state index contributed by atoms with van der Waals surface area (Å²) in [4.78, 5) is 22.1. The van der Waals surface area contributed by atoms with Gasteiger partial charge in [-0.2, -0.15) is 0 Å². The normalized spacial score (nSPS) is 11.9. The minimum Gasteiger partial charge on any atom is -0.453 e. The molecule has 4 rings (SSSR count). The van der Waals surface area contributed by atoms with Crippen molar-refractivity contribution in [3.8, 4) is 5.69 Å². The summed E-state index contributed by atoms with van der Waals surface area (Å²) in [6, 6.07) is 14.3. The van der Waals surface area contributed by atoms with E-state index in [0.29, 0.717) is 28.7 Å². The highest BCUT2D eigenvalue weighted by atomic mass is 32.2. The van der Waals surface area contributed by atoms with Crippen LogP contribution in [0.4, 0.5) is 0 Å². The van der Waals surface area contributed by atoms with Gasteiger partial charge in [-0.1, -0.05) is 30.0 Å². The van der Waals surface area contributed by atoms with Crippen LogP contribution in [-0.2, 0) is 27.9 Å². The minimum absolute atomic E-state index is 0.0638. The Bertz CT molecular complexity index is 1440. The molecular weight excluding hydrogens is 474 g/mol. The molecule has 2 aromatic heterocycles. The molecule has 34 heavy (non-hydrogen) atoms. The number of thioether (sulfide) groups is 1. The standard InChI is InChI=1S/C23H25N5O4S2/c1-5-27-19-12-11-17(34(30,31)26(2)3)13-18(19)25-21(27)15-32-22(29)20-14-24-23(33-4)28(20)16-9-7-6-8-10-16/h6-14H,5,15H2,1-4H3. The van der Waals surface area contributed by atoms with Crippen LogP contribution in [-0.4, -0.2) is 58.1 Å². The Kier molecular flexibility index (Phi) is 6.78. The second kappa shape index (κ2) is 9.61. The number of para-hydroxylation sites is 1. The average Bonchev–Trinajstić information content (AvgIpc) is 3.43. The minimum atomic E-state index is -3.58. The first kappa shape index (κ1) is 24.0. The molecule has 0 atom stereocenters. The van der Waals surface area contributed by atoms with Crippen LogP contribution in [0.1, 0.15) is 23.2 Å². The van der Waals surface area contributed by atoms with Crippen LogP contribution in [0, 0.1) is 0 Å². The highest BCUT2D eigenvalue weighted by molar-refractivity contribution is 7.98. The fourth-order valence-electron chi connectivity index (χ4n) is 3.65. The molecule has 0 radical (unpaired) electrons.